The summed E-state index contributed by atoms with van der Waals surface area (Å²) in [6, 6.07) is 5.40. The molecule has 1 aliphatic rings. The molecule has 2 heterocycles. The van der Waals surface area contributed by atoms with Gasteiger partial charge in [-0.15, -0.1) is 5.10 Å². The maximum Gasteiger partial charge on any atom is 0.233 e. The third-order valence-corrected chi connectivity index (χ3v) is 5.22. The van der Waals surface area contributed by atoms with Crippen LogP contribution >= 0.6 is 11.8 Å². The molecule has 0 unspecified atom stereocenters. The lowest BCUT2D eigenvalue weighted by molar-refractivity contribution is -0.883. The first-order chi connectivity index (χ1) is 12.6. The summed E-state index contributed by atoms with van der Waals surface area (Å²) in [6.45, 7) is 3.56. The number of tetrazole rings is 1. The fourth-order valence-corrected chi connectivity index (χ4v) is 3.49. The van der Waals surface area contributed by atoms with Crippen molar-refractivity contribution in [1.29, 1.82) is 0 Å². The number of amides is 1. The van der Waals surface area contributed by atoms with Gasteiger partial charge in [0.15, 0.2) is 0 Å². The summed E-state index contributed by atoms with van der Waals surface area (Å²) in [6.07, 6.45) is 0. The molecule has 1 amide bonds. The molecule has 0 atom stereocenters. The Bertz CT molecular complexity index is 738. The fourth-order valence-electron chi connectivity index (χ4n) is 2.70. The van der Waals surface area contributed by atoms with Crippen molar-refractivity contribution >= 4 is 17.7 Å². The molecule has 1 fully saturated rings. The highest BCUT2D eigenvalue weighted by Gasteiger charge is 2.22. The van der Waals surface area contributed by atoms with E-state index in [1.165, 1.54) is 16.7 Å². The Morgan fingerprint density at radius 3 is 2.46 bits per heavy atom. The van der Waals surface area contributed by atoms with Gasteiger partial charge in [-0.3, -0.25) is 4.79 Å². The first-order valence-corrected chi connectivity index (χ1v) is 9.33. The molecule has 140 valence electrons. The quantitative estimate of drug-likeness (QED) is 0.653. The van der Waals surface area contributed by atoms with Crippen molar-refractivity contribution in [2.75, 3.05) is 53.2 Å². The number of aromatic nitrogens is 4. The highest BCUT2D eigenvalue weighted by atomic mass is 32.2. The SMILES string of the molecule is COc1cc(OC)cc(-n2nnnc2SCC(=O)N2CC[NH+](C)CC2)c1. The molecular weight excluding hydrogens is 356 g/mol. The zero-order chi connectivity index (χ0) is 18.5. The minimum Gasteiger partial charge on any atom is -0.497 e. The van der Waals surface area contributed by atoms with Gasteiger partial charge in [0.1, 0.15) is 11.5 Å². The van der Waals surface area contributed by atoms with E-state index in [4.69, 9.17) is 9.47 Å². The number of thioether (sulfide) groups is 1. The number of piperazine rings is 1. The van der Waals surface area contributed by atoms with E-state index in [9.17, 15) is 4.79 Å². The standard InChI is InChI=1S/C16H22N6O3S/c1-20-4-6-21(7-5-20)15(23)11-26-16-17-18-19-22(16)12-8-13(24-2)10-14(9-12)25-3/h8-10H,4-7,11H2,1-3H3/p+1. The fraction of sp³-hybridized carbons (Fsp3) is 0.500. The second-order valence-electron chi connectivity index (χ2n) is 6.07. The van der Waals surface area contributed by atoms with Gasteiger partial charge in [0.2, 0.25) is 11.1 Å². The van der Waals surface area contributed by atoms with E-state index >= 15 is 0 Å². The number of likely N-dealkylation sites (N-methyl/N-ethyl adjacent to an activating group) is 1. The average molecular weight is 379 g/mol. The third kappa shape index (κ3) is 4.25. The molecular formula is C16H23N6O3S+. The van der Waals surface area contributed by atoms with Crippen LogP contribution in [0.1, 0.15) is 0 Å². The van der Waals surface area contributed by atoms with Gasteiger partial charge in [0, 0.05) is 18.2 Å². The Morgan fingerprint density at radius 1 is 1.19 bits per heavy atom. The van der Waals surface area contributed by atoms with Gasteiger partial charge in [-0.1, -0.05) is 11.8 Å². The van der Waals surface area contributed by atoms with Gasteiger partial charge in [0.05, 0.1) is 58.9 Å². The second-order valence-corrected chi connectivity index (χ2v) is 7.01. The van der Waals surface area contributed by atoms with Gasteiger partial charge in [-0.25, -0.2) is 0 Å². The van der Waals surface area contributed by atoms with Crippen molar-refractivity contribution in [3.63, 3.8) is 0 Å². The predicted molar refractivity (Wildman–Crippen MR) is 96.2 cm³/mol. The molecule has 9 nitrogen and oxygen atoms in total. The van der Waals surface area contributed by atoms with E-state index in [2.05, 4.69) is 22.6 Å². The van der Waals surface area contributed by atoms with Crippen LogP contribution in [-0.2, 0) is 4.79 Å². The van der Waals surface area contributed by atoms with E-state index in [1.54, 1.807) is 25.0 Å². The Kier molecular flexibility index (Phi) is 5.94. The first-order valence-electron chi connectivity index (χ1n) is 8.34. The molecule has 1 saturated heterocycles. The molecule has 2 aromatic rings. The largest absolute Gasteiger partial charge is 0.497 e. The van der Waals surface area contributed by atoms with E-state index in [1.807, 2.05) is 17.0 Å². The van der Waals surface area contributed by atoms with Gasteiger partial charge >= 0.3 is 0 Å². The number of carbonyl (C=O) groups is 1. The first kappa shape index (κ1) is 18.5. The lowest BCUT2D eigenvalue weighted by Gasteiger charge is -2.29. The van der Waals surface area contributed by atoms with E-state index in [0.717, 1.165) is 26.2 Å². The summed E-state index contributed by atoms with van der Waals surface area (Å²) < 4.78 is 12.2. The average Bonchev–Trinajstić information content (AvgIpc) is 3.14. The minimum absolute atomic E-state index is 0.111. The molecule has 26 heavy (non-hydrogen) atoms. The van der Waals surface area contributed by atoms with Crippen LogP contribution in [0, 0.1) is 0 Å². The number of hydrogen-bond acceptors (Lipinski definition) is 7. The smallest absolute Gasteiger partial charge is 0.233 e. The highest BCUT2D eigenvalue weighted by Crippen LogP contribution is 2.27. The van der Waals surface area contributed by atoms with Crippen molar-refractivity contribution in [3.05, 3.63) is 18.2 Å². The maximum absolute atomic E-state index is 12.4. The topological polar surface area (TPSA) is 86.8 Å². The molecule has 0 spiro atoms. The van der Waals surface area contributed by atoms with Crippen LogP contribution in [0.3, 0.4) is 0 Å². The van der Waals surface area contributed by atoms with Crippen molar-refractivity contribution < 1.29 is 19.2 Å². The normalized spacial score (nSPS) is 15.1. The van der Waals surface area contributed by atoms with Crippen molar-refractivity contribution in [1.82, 2.24) is 25.1 Å². The summed E-state index contributed by atoms with van der Waals surface area (Å²) in [5.74, 6) is 1.70. The van der Waals surface area contributed by atoms with Crippen LogP contribution < -0.4 is 14.4 Å². The van der Waals surface area contributed by atoms with Crippen LogP contribution in [0.4, 0.5) is 0 Å². The minimum atomic E-state index is 0.111. The van der Waals surface area contributed by atoms with Crippen molar-refractivity contribution in [3.8, 4) is 17.2 Å². The summed E-state index contributed by atoms with van der Waals surface area (Å²) in [7, 11) is 5.32. The van der Waals surface area contributed by atoms with Crippen LogP contribution in [0.25, 0.3) is 5.69 Å². The molecule has 1 aliphatic heterocycles. The molecule has 0 bridgehead atoms. The van der Waals surface area contributed by atoms with Gasteiger partial charge in [-0.2, -0.15) is 4.68 Å². The molecule has 0 aliphatic carbocycles. The molecule has 0 saturated carbocycles. The van der Waals surface area contributed by atoms with Crippen molar-refractivity contribution in [2.45, 2.75) is 5.16 Å². The number of methoxy groups -OCH3 is 2. The zero-order valence-corrected chi connectivity index (χ0v) is 16.0. The number of carbonyl (C=O) groups excluding carboxylic acids is 1. The lowest BCUT2D eigenvalue weighted by Crippen LogP contribution is -3.12. The Labute approximate surface area is 156 Å². The Balaban J connectivity index is 1.70. The van der Waals surface area contributed by atoms with E-state index in [0.29, 0.717) is 28.1 Å². The lowest BCUT2D eigenvalue weighted by atomic mass is 10.3. The second kappa shape index (κ2) is 8.37. The van der Waals surface area contributed by atoms with E-state index in [-0.39, 0.29) is 5.91 Å². The number of nitrogens with zero attached hydrogens (tertiary/aromatic N) is 5. The summed E-state index contributed by atoms with van der Waals surface area (Å²) in [5, 5.41) is 12.4. The summed E-state index contributed by atoms with van der Waals surface area (Å²) in [5.41, 5.74) is 0.712. The van der Waals surface area contributed by atoms with Gasteiger partial charge < -0.3 is 19.3 Å². The van der Waals surface area contributed by atoms with Crippen LogP contribution in [0.2, 0.25) is 0 Å². The molecule has 3 rings (SSSR count). The monoisotopic (exact) mass is 379 g/mol. The van der Waals surface area contributed by atoms with Crippen LogP contribution in [0.5, 0.6) is 11.5 Å². The highest BCUT2D eigenvalue weighted by molar-refractivity contribution is 7.99. The molecule has 1 N–H and O–H groups in total. The third-order valence-electron chi connectivity index (χ3n) is 4.32. The summed E-state index contributed by atoms with van der Waals surface area (Å²) >= 11 is 1.33. The molecule has 1 aromatic heterocycles. The Morgan fingerprint density at radius 2 is 1.85 bits per heavy atom. The number of hydrogen-bond donors (Lipinski definition) is 1. The molecule has 10 heteroatoms. The number of quaternary nitrogens is 1. The molecule has 1 aromatic carbocycles. The van der Waals surface area contributed by atoms with E-state index < -0.39 is 0 Å². The number of ether oxygens (including phenoxy) is 2. The number of rotatable bonds is 6. The predicted octanol–water partition coefficient (Wildman–Crippen LogP) is -0.871. The van der Waals surface area contributed by atoms with Crippen LogP contribution in [-0.4, -0.2) is 84.2 Å². The van der Waals surface area contributed by atoms with Crippen LogP contribution in [0.15, 0.2) is 23.4 Å². The number of nitrogens with one attached hydrogen (secondary N) is 1. The van der Waals surface area contributed by atoms with Gasteiger partial charge in [-0.05, 0) is 10.4 Å². The number of benzene rings is 1. The van der Waals surface area contributed by atoms with Gasteiger partial charge in [0.25, 0.3) is 0 Å². The van der Waals surface area contributed by atoms with Crippen molar-refractivity contribution in [2.24, 2.45) is 0 Å². The maximum atomic E-state index is 12.4. The molecule has 0 radical (unpaired) electrons. The Hall–Kier alpha value is -2.33. The zero-order valence-electron chi connectivity index (χ0n) is 15.1. The summed E-state index contributed by atoms with van der Waals surface area (Å²) in [4.78, 5) is 15.8.